The minimum Gasteiger partial charge on any atom is -0.461 e. The van der Waals surface area contributed by atoms with Crippen LogP contribution in [-0.4, -0.2) is 27.4 Å². The summed E-state index contributed by atoms with van der Waals surface area (Å²) in [5.74, 6) is -0.780. The van der Waals surface area contributed by atoms with E-state index in [-0.39, 0.29) is 24.4 Å². The summed E-state index contributed by atoms with van der Waals surface area (Å²) in [4.78, 5) is 35.8. The molecule has 3 aliphatic rings. The molecule has 1 aliphatic heterocycles. The molecule has 6 heteroatoms. The van der Waals surface area contributed by atoms with E-state index in [1.54, 1.807) is 0 Å². The van der Waals surface area contributed by atoms with Crippen LogP contribution in [0.25, 0.3) is 0 Å². The fraction of sp³-hybridized carbons (Fsp3) is 0.800. The molecule has 1 spiro atoms. The highest BCUT2D eigenvalue weighted by molar-refractivity contribution is 14.1. The van der Waals surface area contributed by atoms with Crippen molar-refractivity contribution in [3.05, 3.63) is 0 Å². The molecule has 2 saturated carbocycles. The fourth-order valence-corrected chi connectivity index (χ4v) is 4.19. The lowest BCUT2D eigenvalue weighted by atomic mass is 9.71. The fourth-order valence-electron chi connectivity index (χ4n) is 4.06. The number of esters is 3. The first-order valence-electron chi connectivity index (χ1n) is 7.43. The lowest BCUT2D eigenvalue weighted by Crippen LogP contribution is -2.43. The van der Waals surface area contributed by atoms with Crippen LogP contribution in [0.2, 0.25) is 0 Å². The van der Waals surface area contributed by atoms with E-state index in [9.17, 15) is 14.4 Å². The largest absolute Gasteiger partial charge is 0.461 e. The number of ether oxygens (including phenoxy) is 2. The summed E-state index contributed by atoms with van der Waals surface area (Å²) in [5.41, 5.74) is -0.723. The first-order chi connectivity index (χ1) is 9.78. The van der Waals surface area contributed by atoms with Gasteiger partial charge in [-0.15, -0.1) is 0 Å². The van der Waals surface area contributed by atoms with E-state index in [2.05, 4.69) is 22.6 Å². The predicted molar refractivity (Wildman–Crippen MR) is 81.6 cm³/mol. The Morgan fingerprint density at radius 1 is 1.48 bits per heavy atom. The Bertz CT molecular complexity index is 514. The smallest absolute Gasteiger partial charge is 0.322 e. The van der Waals surface area contributed by atoms with Crippen molar-refractivity contribution in [2.45, 2.75) is 55.5 Å². The Morgan fingerprint density at radius 2 is 2.19 bits per heavy atom. The molecule has 116 valence electrons. The van der Waals surface area contributed by atoms with Gasteiger partial charge in [0.25, 0.3) is 0 Å². The molecule has 5 unspecified atom stereocenters. The van der Waals surface area contributed by atoms with Gasteiger partial charge in [0.05, 0.1) is 11.8 Å². The predicted octanol–water partition coefficient (Wildman–Crippen LogP) is 2.39. The SMILES string of the molecule is CCC(C)(I)C(=O)OC1CC2CC1C1(CC(=O)OC1=O)C2. The number of carbonyl (C=O) groups excluding carboxylic acids is 3. The number of fused-ring (bicyclic) bond motifs is 3. The van der Waals surface area contributed by atoms with E-state index in [4.69, 9.17) is 9.47 Å². The van der Waals surface area contributed by atoms with E-state index in [1.807, 2.05) is 13.8 Å². The number of hydrogen-bond donors (Lipinski definition) is 0. The third-order valence-corrected chi connectivity index (χ3v) is 6.59. The Balaban J connectivity index is 1.77. The van der Waals surface area contributed by atoms with Gasteiger partial charge in [0.15, 0.2) is 0 Å². The molecule has 5 nitrogen and oxygen atoms in total. The Kier molecular flexibility index (Phi) is 3.58. The molecule has 0 aromatic rings. The van der Waals surface area contributed by atoms with Crippen molar-refractivity contribution in [1.82, 2.24) is 0 Å². The van der Waals surface area contributed by atoms with Crippen LogP contribution in [0.5, 0.6) is 0 Å². The van der Waals surface area contributed by atoms with Gasteiger partial charge < -0.3 is 9.47 Å². The average molecular weight is 406 g/mol. The number of cyclic esters (lactones) is 2. The highest BCUT2D eigenvalue weighted by Crippen LogP contribution is 2.61. The highest BCUT2D eigenvalue weighted by Gasteiger charge is 2.65. The second-order valence-corrected chi connectivity index (χ2v) is 9.12. The van der Waals surface area contributed by atoms with Gasteiger partial charge in [0, 0.05) is 5.92 Å². The first kappa shape index (κ1) is 15.2. The molecule has 2 aliphatic carbocycles. The standard InChI is InChI=1S/C15H19IO5/c1-3-14(2,16)12(18)20-10-5-8-4-9(10)15(6-8)7-11(17)21-13(15)19/h8-10H,3-7H2,1-2H3. The van der Waals surface area contributed by atoms with Gasteiger partial charge in [-0.05, 0) is 38.5 Å². The van der Waals surface area contributed by atoms with Crippen molar-refractivity contribution in [2.75, 3.05) is 0 Å². The number of alkyl halides is 1. The van der Waals surface area contributed by atoms with E-state index in [1.165, 1.54) is 0 Å². The second kappa shape index (κ2) is 4.93. The third-order valence-electron chi connectivity index (χ3n) is 5.39. The molecule has 0 radical (unpaired) electrons. The maximum Gasteiger partial charge on any atom is 0.322 e. The molecule has 0 aromatic heterocycles. The second-order valence-electron chi connectivity index (χ2n) is 6.74. The topological polar surface area (TPSA) is 69.7 Å². The molecule has 1 saturated heterocycles. The van der Waals surface area contributed by atoms with E-state index >= 15 is 0 Å². The Labute approximate surface area is 137 Å². The molecule has 0 amide bonds. The van der Waals surface area contributed by atoms with Gasteiger partial charge in [-0.25, -0.2) is 0 Å². The molecular weight excluding hydrogens is 387 g/mol. The van der Waals surface area contributed by atoms with Gasteiger partial charge >= 0.3 is 17.9 Å². The number of hydrogen-bond acceptors (Lipinski definition) is 5. The highest BCUT2D eigenvalue weighted by atomic mass is 127. The summed E-state index contributed by atoms with van der Waals surface area (Å²) < 4.78 is 9.94. The quantitative estimate of drug-likeness (QED) is 0.312. The van der Waals surface area contributed by atoms with Gasteiger partial charge in [-0.3, -0.25) is 14.4 Å². The zero-order valence-corrected chi connectivity index (χ0v) is 14.3. The minimum absolute atomic E-state index is 0.0607. The summed E-state index contributed by atoms with van der Waals surface area (Å²) >= 11 is 2.11. The number of rotatable bonds is 3. The van der Waals surface area contributed by atoms with Gasteiger partial charge in [0.1, 0.15) is 9.53 Å². The maximum atomic E-state index is 12.3. The summed E-state index contributed by atoms with van der Waals surface area (Å²) in [7, 11) is 0. The van der Waals surface area contributed by atoms with E-state index < -0.39 is 20.8 Å². The van der Waals surface area contributed by atoms with Crippen molar-refractivity contribution in [3.8, 4) is 0 Å². The van der Waals surface area contributed by atoms with Crippen LogP contribution in [0.4, 0.5) is 0 Å². The maximum absolute atomic E-state index is 12.3. The molecule has 0 N–H and O–H groups in total. The summed E-state index contributed by atoms with van der Waals surface area (Å²) in [6, 6.07) is 0. The average Bonchev–Trinajstić information content (AvgIpc) is 3.03. The number of carbonyl (C=O) groups is 3. The Morgan fingerprint density at radius 3 is 2.71 bits per heavy atom. The van der Waals surface area contributed by atoms with Crippen LogP contribution < -0.4 is 0 Å². The summed E-state index contributed by atoms with van der Waals surface area (Å²) in [5, 5.41) is 0. The zero-order valence-electron chi connectivity index (χ0n) is 12.2. The van der Waals surface area contributed by atoms with Crippen LogP contribution in [0, 0.1) is 17.3 Å². The van der Waals surface area contributed by atoms with Gasteiger partial charge in [0.2, 0.25) is 0 Å². The van der Waals surface area contributed by atoms with Crippen LogP contribution in [0.3, 0.4) is 0 Å². The molecule has 5 atom stereocenters. The normalized spacial score (nSPS) is 40.4. The zero-order chi connectivity index (χ0) is 15.4. The molecular formula is C15H19IO5. The lowest BCUT2D eigenvalue weighted by Gasteiger charge is -2.35. The van der Waals surface area contributed by atoms with E-state index in [0.717, 1.165) is 12.8 Å². The van der Waals surface area contributed by atoms with Crippen LogP contribution in [0.1, 0.15) is 46.0 Å². The van der Waals surface area contributed by atoms with Crippen LogP contribution in [-0.2, 0) is 23.9 Å². The first-order valence-corrected chi connectivity index (χ1v) is 8.51. The molecule has 21 heavy (non-hydrogen) atoms. The van der Waals surface area contributed by atoms with Crippen molar-refractivity contribution in [3.63, 3.8) is 0 Å². The van der Waals surface area contributed by atoms with Crippen molar-refractivity contribution in [1.29, 1.82) is 0 Å². The molecule has 2 bridgehead atoms. The monoisotopic (exact) mass is 406 g/mol. The van der Waals surface area contributed by atoms with Crippen LogP contribution in [0.15, 0.2) is 0 Å². The van der Waals surface area contributed by atoms with Crippen LogP contribution >= 0.6 is 22.6 Å². The van der Waals surface area contributed by atoms with E-state index in [0.29, 0.717) is 18.8 Å². The lowest BCUT2D eigenvalue weighted by molar-refractivity contribution is -0.164. The minimum atomic E-state index is -0.723. The Hall–Kier alpha value is -0.660. The van der Waals surface area contributed by atoms with Crippen molar-refractivity contribution in [2.24, 2.45) is 17.3 Å². The molecule has 1 heterocycles. The molecule has 3 fully saturated rings. The molecule has 0 aromatic carbocycles. The van der Waals surface area contributed by atoms with Gasteiger partial charge in [-0.2, -0.15) is 0 Å². The number of halogens is 1. The van der Waals surface area contributed by atoms with Crippen molar-refractivity contribution >= 4 is 40.5 Å². The van der Waals surface area contributed by atoms with Crippen molar-refractivity contribution < 1.29 is 23.9 Å². The summed E-state index contributed by atoms with van der Waals surface area (Å²) in [6.45, 7) is 3.80. The third kappa shape index (κ3) is 2.29. The molecule has 3 rings (SSSR count). The summed E-state index contributed by atoms with van der Waals surface area (Å²) in [6.07, 6.45) is 2.94. The van der Waals surface area contributed by atoms with Gasteiger partial charge in [-0.1, -0.05) is 29.5 Å².